The highest BCUT2D eigenvalue weighted by Gasteiger charge is 2.20. The average molecular weight is 452 g/mol. The van der Waals surface area contributed by atoms with Crippen LogP contribution in [-0.4, -0.2) is 40.1 Å². The maximum Gasteiger partial charge on any atom is 0.310 e. The van der Waals surface area contributed by atoms with Gasteiger partial charge in [-0.05, 0) is 30.0 Å². The molecule has 3 aromatic rings. The first-order valence-corrected chi connectivity index (χ1v) is 10.5. The zero-order valence-electron chi connectivity index (χ0n) is 16.1. The number of aromatic nitrogens is 2. The Morgan fingerprint density at radius 1 is 1.27 bits per heavy atom. The average Bonchev–Trinajstić information content (AvgIpc) is 3.40. The van der Waals surface area contributed by atoms with E-state index < -0.39 is 24.3 Å². The van der Waals surface area contributed by atoms with Crippen LogP contribution in [0.5, 0.6) is 0 Å². The number of halogens is 2. The first kappa shape index (κ1) is 21.9. The van der Waals surface area contributed by atoms with Crippen LogP contribution in [0, 0.1) is 5.82 Å². The molecule has 0 bridgehead atoms. The minimum absolute atomic E-state index is 0.0361. The fourth-order valence-electron chi connectivity index (χ4n) is 2.67. The molecule has 0 unspecified atom stereocenters. The van der Waals surface area contributed by atoms with Gasteiger partial charge < -0.3 is 14.1 Å². The zero-order chi connectivity index (χ0) is 21.5. The molecule has 0 aliphatic carbocycles. The SMILES string of the molecule is CCCN(Cc1nnc(-c2cccs2)o1)C(=O)COC(=O)Cc1c(F)cccc1Cl. The normalized spacial score (nSPS) is 10.8. The fourth-order valence-corrected chi connectivity index (χ4v) is 3.55. The van der Waals surface area contributed by atoms with Crippen molar-refractivity contribution in [2.75, 3.05) is 13.2 Å². The lowest BCUT2D eigenvalue weighted by atomic mass is 10.1. The number of hydrogen-bond donors (Lipinski definition) is 0. The van der Waals surface area contributed by atoms with Gasteiger partial charge in [0.2, 0.25) is 5.89 Å². The Balaban J connectivity index is 1.57. The molecule has 1 amide bonds. The van der Waals surface area contributed by atoms with Crippen molar-refractivity contribution in [3.8, 4) is 10.8 Å². The molecule has 0 radical (unpaired) electrons. The van der Waals surface area contributed by atoms with Crippen LogP contribution in [-0.2, 0) is 27.3 Å². The molecular formula is C20H19ClFN3O4S. The molecule has 3 rings (SSSR count). The van der Waals surface area contributed by atoms with E-state index in [2.05, 4.69) is 10.2 Å². The van der Waals surface area contributed by atoms with E-state index in [4.69, 9.17) is 20.8 Å². The first-order chi connectivity index (χ1) is 14.5. The van der Waals surface area contributed by atoms with Gasteiger partial charge in [-0.25, -0.2) is 4.39 Å². The summed E-state index contributed by atoms with van der Waals surface area (Å²) >= 11 is 7.38. The zero-order valence-corrected chi connectivity index (χ0v) is 17.7. The standard InChI is InChI=1S/C20H19ClFN3O4S/c1-2-8-25(11-17-23-24-20(29-17)16-7-4-9-30-16)18(26)12-28-19(27)10-13-14(21)5-3-6-15(13)22/h3-7,9H,2,8,10-12H2,1H3. The van der Waals surface area contributed by atoms with E-state index in [1.54, 1.807) is 0 Å². The number of carbonyl (C=O) groups is 2. The van der Waals surface area contributed by atoms with Gasteiger partial charge in [0, 0.05) is 17.1 Å². The molecule has 1 aromatic carbocycles. The van der Waals surface area contributed by atoms with E-state index in [0.717, 1.165) is 4.88 Å². The lowest BCUT2D eigenvalue weighted by Crippen LogP contribution is -2.35. The van der Waals surface area contributed by atoms with Crippen molar-refractivity contribution in [3.63, 3.8) is 0 Å². The van der Waals surface area contributed by atoms with Crippen molar-refractivity contribution in [2.45, 2.75) is 26.3 Å². The third-order valence-corrected chi connectivity index (χ3v) is 5.32. The van der Waals surface area contributed by atoms with E-state index >= 15 is 0 Å². The maximum atomic E-state index is 13.8. The number of ether oxygens (including phenoxy) is 1. The Morgan fingerprint density at radius 2 is 2.10 bits per heavy atom. The Kier molecular flexibility index (Phi) is 7.53. The number of amides is 1. The highest BCUT2D eigenvalue weighted by molar-refractivity contribution is 7.13. The number of carbonyl (C=O) groups excluding carboxylic acids is 2. The van der Waals surface area contributed by atoms with E-state index in [1.165, 1.54) is 34.4 Å². The monoisotopic (exact) mass is 451 g/mol. The summed E-state index contributed by atoms with van der Waals surface area (Å²) in [6.07, 6.45) is 0.330. The number of esters is 1. The molecule has 158 valence electrons. The quantitative estimate of drug-likeness (QED) is 0.455. The van der Waals surface area contributed by atoms with Crippen molar-refractivity contribution in [2.24, 2.45) is 0 Å². The highest BCUT2D eigenvalue weighted by Crippen LogP contribution is 2.23. The Hall–Kier alpha value is -2.78. The highest BCUT2D eigenvalue weighted by atomic mass is 35.5. The first-order valence-electron chi connectivity index (χ1n) is 9.20. The number of thiophene rings is 1. The van der Waals surface area contributed by atoms with Gasteiger partial charge in [-0.1, -0.05) is 30.7 Å². The molecular weight excluding hydrogens is 433 g/mol. The molecule has 0 saturated heterocycles. The molecule has 0 aliphatic rings. The number of rotatable bonds is 9. The smallest absolute Gasteiger partial charge is 0.310 e. The third kappa shape index (κ3) is 5.64. The van der Waals surface area contributed by atoms with Crippen LogP contribution in [0.3, 0.4) is 0 Å². The molecule has 2 aromatic heterocycles. The number of nitrogens with zero attached hydrogens (tertiary/aromatic N) is 3. The van der Waals surface area contributed by atoms with Crippen molar-refractivity contribution in [1.82, 2.24) is 15.1 Å². The van der Waals surface area contributed by atoms with Crippen LogP contribution in [0.25, 0.3) is 10.8 Å². The van der Waals surface area contributed by atoms with Gasteiger partial charge in [0.05, 0.1) is 17.8 Å². The lowest BCUT2D eigenvalue weighted by Gasteiger charge is -2.20. The van der Waals surface area contributed by atoms with Crippen LogP contribution in [0.15, 0.2) is 40.1 Å². The molecule has 0 saturated carbocycles. The van der Waals surface area contributed by atoms with Gasteiger partial charge in [0.1, 0.15) is 5.82 Å². The van der Waals surface area contributed by atoms with E-state index in [0.29, 0.717) is 18.9 Å². The van der Waals surface area contributed by atoms with Crippen LogP contribution in [0.4, 0.5) is 4.39 Å². The number of benzene rings is 1. The van der Waals surface area contributed by atoms with Crippen molar-refractivity contribution in [1.29, 1.82) is 0 Å². The molecule has 0 N–H and O–H groups in total. The van der Waals surface area contributed by atoms with Gasteiger partial charge in [-0.15, -0.1) is 21.5 Å². The van der Waals surface area contributed by atoms with Gasteiger partial charge in [-0.3, -0.25) is 9.59 Å². The molecule has 2 heterocycles. The van der Waals surface area contributed by atoms with Gasteiger partial charge in [0.25, 0.3) is 11.8 Å². The third-order valence-electron chi connectivity index (χ3n) is 4.11. The van der Waals surface area contributed by atoms with Crippen LogP contribution in [0.2, 0.25) is 5.02 Å². The molecule has 0 spiro atoms. The van der Waals surface area contributed by atoms with Crippen LogP contribution in [0.1, 0.15) is 24.8 Å². The summed E-state index contributed by atoms with van der Waals surface area (Å²) in [6, 6.07) is 7.87. The van der Waals surface area contributed by atoms with Crippen LogP contribution >= 0.6 is 22.9 Å². The van der Waals surface area contributed by atoms with Crippen molar-refractivity contribution < 1.29 is 23.1 Å². The second kappa shape index (κ2) is 10.3. The van der Waals surface area contributed by atoms with Crippen LogP contribution < -0.4 is 0 Å². The van der Waals surface area contributed by atoms with Gasteiger partial charge in [0.15, 0.2) is 6.61 Å². The number of hydrogen-bond acceptors (Lipinski definition) is 7. The van der Waals surface area contributed by atoms with Gasteiger partial charge in [-0.2, -0.15) is 0 Å². The Labute approximate surface area is 181 Å². The molecule has 0 aliphatic heterocycles. The largest absolute Gasteiger partial charge is 0.455 e. The Morgan fingerprint density at radius 3 is 2.80 bits per heavy atom. The minimum atomic E-state index is -0.746. The summed E-state index contributed by atoms with van der Waals surface area (Å²) in [6.45, 7) is 1.96. The summed E-state index contributed by atoms with van der Waals surface area (Å²) in [7, 11) is 0. The molecule has 30 heavy (non-hydrogen) atoms. The van der Waals surface area contributed by atoms with Crippen molar-refractivity contribution in [3.05, 3.63) is 58.0 Å². The van der Waals surface area contributed by atoms with Crippen molar-refractivity contribution >= 4 is 34.8 Å². The second-order valence-corrected chi connectivity index (χ2v) is 7.69. The molecule has 0 fully saturated rings. The predicted octanol–water partition coefficient (Wildman–Crippen LogP) is 4.12. The van der Waals surface area contributed by atoms with E-state index in [-0.39, 0.29) is 29.4 Å². The Bertz CT molecular complexity index is 989. The summed E-state index contributed by atoms with van der Waals surface area (Å²) in [4.78, 5) is 26.9. The summed E-state index contributed by atoms with van der Waals surface area (Å²) in [5, 5.41) is 10.00. The van der Waals surface area contributed by atoms with Gasteiger partial charge >= 0.3 is 5.97 Å². The lowest BCUT2D eigenvalue weighted by molar-refractivity contribution is -0.151. The molecule has 10 heteroatoms. The molecule has 0 atom stereocenters. The van der Waals surface area contributed by atoms with E-state index in [1.807, 2.05) is 24.4 Å². The maximum absolute atomic E-state index is 13.8. The fraction of sp³-hybridized carbons (Fsp3) is 0.300. The summed E-state index contributed by atoms with van der Waals surface area (Å²) in [5.74, 6) is -1.09. The second-order valence-electron chi connectivity index (χ2n) is 6.33. The minimum Gasteiger partial charge on any atom is -0.455 e. The summed E-state index contributed by atoms with van der Waals surface area (Å²) in [5.41, 5.74) is 0.0361. The predicted molar refractivity (Wildman–Crippen MR) is 109 cm³/mol. The molecule has 7 nitrogen and oxygen atoms in total. The topological polar surface area (TPSA) is 85.5 Å². The van der Waals surface area contributed by atoms with E-state index in [9.17, 15) is 14.0 Å². The summed E-state index contributed by atoms with van der Waals surface area (Å²) < 4.78 is 24.4.